The van der Waals surface area contributed by atoms with Crippen molar-refractivity contribution in [2.75, 3.05) is 54.1 Å². The Kier molecular flexibility index (Phi) is 54.9. The summed E-state index contributed by atoms with van der Waals surface area (Å²) >= 11 is 0. The van der Waals surface area contributed by atoms with Gasteiger partial charge in [-0.1, -0.05) is 289 Å². The Morgan fingerprint density at radius 2 is 0.732 bits per heavy atom. The Balaban J connectivity index is 3.98. The van der Waals surface area contributed by atoms with E-state index in [1.807, 2.05) is 21.1 Å². The van der Waals surface area contributed by atoms with Crippen molar-refractivity contribution in [1.82, 2.24) is 0 Å². The van der Waals surface area contributed by atoms with Gasteiger partial charge >= 0.3 is 5.97 Å². The summed E-state index contributed by atoms with van der Waals surface area (Å²) in [5, 5.41) is 0. The van der Waals surface area contributed by atoms with Gasteiger partial charge in [0.15, 0.2) is 0 Å². The SMILES string of the molecule is CCCCCCCCCC/C=C\CCCCCCCCCCCCCCOCC(COP(=O)([O-])OCC[N+](C)(C)C)OC(=O)CCCCCCCCCCCCCCCCCCCCCCCCCCC. The minimum atomic E-state index is -4.53. The first-order chi connectivity index (χ1) is 34.6. The number of carbonyl (C=O) groups is 1. The molecule has 0 saturated heterocycles. The first kappa shape index (κ1) is 70.2. The molecule has 0 aromatic carbocycles. The smallest absolute Gasteiger partial charge is 0.306 e. The number of likely N-dealkylation sites (N-methyl/N-ethyl adjacent to an activating group) is 1. The molecular weight excluding hydrogens is 902 g/mol. The fourth-order valence-corrected chi connectivity index (χ4v) is 10.2. The number of unbranched alkanes of at least 4 members (excludes halogenated alkanes) is 44. The van der Waals surface area contributed by atoms with E-state index in [1.54, 1.807) is 0 Å². The van der Waals surface area contributed by atoms with Crippen molar-refractivity contribution in [1.29, 1.82) is 0 Å². The molecule has 0 aliphatic heterocycles. The van der Waals surface area contributed by atoms with Crippen LogP contribution in [0.4, 0.5) is 0 Å². The molecule has 424 valence electrons. The van der Waals surface area contributed by atoms with Crippen LogP contribution in [0, 0.1) is 0 Å². The molecule has 0 aromatic heterocycles. The first-order valence-corrected chi connectivity index (χ1v) is 32.9. The molecule has 0 fully saturated rings. The van der Waals surface area contributed by atoms with Crippen LogP contribution >= 0.6 is 7.82 Å². The summed E-state index contributed by atoms with van der Waals surface area (Å²) in [6, 6.07) is 0. The van der Waals surface area contributed by atoms with Crippen molar-refractivity contribution in [3.05, 3.63) is 12.2 Å². The molecule has 0 aliphatic carbocycles. The van der Waals surface area contributed by atoms with Gasteiger partial charge < -0.3 is 27.9 Å². The molecule has 8 nitrogen and oxygen atoms in total. The average Bonchev–Trinajstić information content (AvgIpc) is 3.33. The second kappa shape index (κ2) is 55.5. The number of allylic oxidation sites excluding steroid dienone is 2. The summed E-state index contributed by atoms with van der Waals surface area (Å²) in [4.78, 5) is 25.3. The van der Waals surface area contributed by atoms with E-state index in [2.05, 4.69) is 26.0 Å². The predicted octanol–water partition coefficient (Wildman–Crippen LogP) is 19.4. The molecule has 0 amide bonds. The monoisotopic (exact) mass is 1030 g/mol. The maximum absolute atomic E-state index is 12.8. The minimum Gasteiger partial charge on any atom is -0.756 e. The topological polar surface area (TPSA) is 94.1 Å². The molecule has 0 N–H and O–H groups in total. The molecule has 0 bridgehead atoms. The van der Waals surface area contributed by atoms with E-state index in [0.717, 1.165) is 32.1 Å². The number of rotatable bonds is 60. The van der Waals surface area contributed by atoms with Crippen molar-refractivity contribution < 1.29 is 37.3 Å². The van der Waals surface area contributed by atoms with Crippen LogP contribution in [-0.4, -0.2) is 70.7 Å². The molecule has 2 atom stereocenters. The van der Waals surface area contributed by atoms with E-state index in [9.17, 15) is 14.3 Å². The average molecular weight is 1030 g/mol. The molecule has 2 unspecified atom stereocenters. The third-order valence-corrected chi connectivity index (χ3v) is 15.3. The number of hydrogen-bond acceptors (Lipinski definition) is 7. The zero-order valence-corrected chi connectivity index (χ0v) is 49.4. The van der Waals surface area contributed by atoms with Crippen molar-refractivity contribution in [2.24, 2.45) is 0 Å². The number of phosphoric ester groups is 1. The fourth-order valence-electron chi connectivity index (χ4n) is 9.49. The molecule has 0 spiro atoms. The van der Waals surface area contributed by atoms with Gasteiger partial charge in [-0.2, -0.15) is 0 Å². The molecular formula is C62H124NO7P. The highest BCUT2D eigenvalue weighted by Gasteiger charge is 2.20. The number of quaternary nitrogens is 1. The third-order valence-electron chi connectivity index (χ3n) is 14.3. The summed E-state index contributed by atoms with van der Waals surface area (Å²) in [6.45, 7) is 5.50. The van der Waals surface area contributed by atoms with Crippen molar-refractivity contribution in [2.45, 2.75) is 328 Å². The van der Waals surface area contributed by atoms with Crippen LogP contribution in [0.1, 0.15) is 322 Å². The molecule has 0 rings (SSSR count). The number of esters is 1. The largest absolute Gasteiger partial charge is 0.756 e. The van der Waals surface area contributed by atoms with Crippen molar-refractivity contribution in [3.63, 3.8) is 0 Å². The third kappa shape index (κ3) is 60.0. The van der Waals surface area contributed by atoms with Crippen LogP contribution in [-0.2, 0) is 27.9 Å². The predicted molar refractivity (Wildman–Crippen MR) is 305 cm³/mol. The van der Waals surface area contributed by atoms with Gasteiger partial charge in [0.2, 0.25) is 0 Å². The van der Waals surface area contributed by atoms with E-state index in [4.69, 9.17) is 18.5 Å². The van der Waals surface area contributed by atoms with Crippen molar-refractivity contribution in [3.8, 4) is 0 Å². The quantitative estimate of drug-likeness (QED) is 0.0197. The maximum atomic E-state index is 12.8. The zero-order valence-electron chi connectivity index (χ0n) is 48.5. The lowest BCUT2D eigenvalue weighted by Crippen LogP contribution is -2.37. The lowest BCUT2D eigenvalue weighted by atomic mass is 10.0. The van der Waals surface area contributed by atoms with Crippen molar-refractivity contribution >= 4 is 13.8 Å². The molecule has 9 heteroatoms. The summed E-state index contributed by atoms with van der Waals surface area (Å²) in [7, 11) is 1.38. The Labute approximate surface area is 443 Å². The fraction of sp³-hybridized carbons (Fsp3) is 0.952. The van der Waals surface area contributed by atoms with Gasteiger partial charge in [0, 0.05) is 13.0 Å². The van der Waals surface area contributed by atoms with Gasteiger partial charge in [0.05, 0.1) is 34.4 Å². The number of hydrogen-bond donors (Lipinski definition) is 0. The van der Waals surface area contributed by atoms with Crippen LogP contribution in [0.25, 0.3) is 0 Å². The summed E-state index contributed by atoms with van der Waals surface area (Å²) < 4.78 is 34.9. The normalized spacial score (nSPS) is 13.4. The molecule has 0 saturated carbocycles. The van der Waals surface area contributed by atoms with E-state index in [1.165, 1.54) is 270 Å². The van der Waals surface area contributed by atoms with E-state index in [0.29, 0.717) is 24.1 Å². The highest BCUT2D eigenvalue weighted by molar-refractivity contribution is 7.45. The highest BCUT2D eigenvalue weighted by atomic mass is 31.2. The Morgan fingerprint density at radius 3 is 1.07 bits per heavy atom. The molecule has 0 aliphatic rings. The Morgan fingerprint density at radius 1 is 0.423 bits per heavy atom. The second-order valence-corrected chi connectivity index (χ2v) is 24.2. The zero-order chi connectivity index (χ0) is 51.9. The molecule has 71 heavy (non-hydrogen) atoms. The maximum Gasteiger partial charge on any atom is 0.306 e. The number of nitrogens with zero attached hydrogens (tertiary/aromatic N) is 1. The molecule has 0 heterocycles. The van der Waals surface area contributed by atoms with Gasteiger partial charge in [-0.05, 0) is 38.5 Å². The standard InChI is InChI=1S/C62H124NO7P/c1-6-8-10-12-14-16-18-20-22-24-26-28-30-32-33-35-37-39-41-43-45-47-49-51-53-55-62(64)70-61(60-69-71(65,66)68-58-56-63(3,4)5)59-67-57-54-52-50-48-46-44-42-40-38-36-34-31-29-27-25-23-21-19-17-15-13-11-9-7-2/h25,27,61H,6-24,26,28-60H2,1-5H3/b27-25-. The first-order valence-electron chi connectivity index (χ1n) is 31.4. The number of phosphoric acid groups is 1. The molecule has 0 radical (unpaired) electrons. The van der Waals surface area contributed by atoms with Crippen LogP contribution in [0.5, 0.6) is 0 Å². The van der Waals surface area contributed by atoms with Crippen LogP contribution in [0.3, 0.4) is 0 Å². The van der Waals surface area contributed by atoms with Crippen LogP contribution in [0.15, 0.2) is 12.2 Å². The Hall–Kier alpha value is -0.760. The molecule has 0 aromatic rings. The summed E-state index contributed by atoms with van der Waals surface area (Å²) in [5.41, 5.74) is 0. The van der Waals surface area contributed by atoms with Gasteiger partial charge in [-0.3, -0.25) is 9.36 Å². The number of carbonyl (C=O) groups excluding carboxylic acids is 1. The Bertz CT molecular complexity index is 1150. The highest BCUT2D eigenvalue weighted by Crippen LogP contribution is 2.38. The minimum absolute atomic E-state index is 0.0303. The van der Waals surface area contributed by atoms with E-state index in [-0.39, 0.29) is 25.8 Å². The van der Waals surface area contributed by atoms with Gasteiger partial charge in [-0.15, -0.1) is 0 Å². The van der Waals surface area contributed by atoms with Gasteiger partial charge in [0.25, 0.3) is 7.82 Å². The van der Waals surface area contributed by atoms with Crippen LogP contribution < -0.4 is 4.89 Å². The number of ether oxygens (including phenoxy) is 2. The summed E-state index contributed by atoms with van der Waals surface area (Å²) in [6.07, 6.45) is 67.0. The summed E-state index contributed by atoms with van der Waals surface area (Å²) in [5.74, 6) is -0.324. The van der Waals surface area contributed by atoms with Gasteiger partial charge in [0.1, 0.15) is 19.3 Å². The lowest BCUT2D eigenvalue weighted by molar-refractivity contribution is -0.870. The lowest BCUT2D eigenvalue weighted by Gasteiger charge is -2.28. The van der Waals surface area contributed by atoms with Crippen LogP contribution in [0.2, 0.25) is 0 Å². The van der Waals surface area contributed by atoms with Gasteiger partial charge in [-0.25, -0.2) is 0 Å². The van der Waals surface area contributed by atoms with E-state index < -0.39 is 13.9 Å². The van der Waals surface area contributed by atoms with E-state index >= 15 is 0 Å². The second-order valence-electron chi connectivity index (χ2n) is 22.8.